The van der Waals surface area contributed by atoms with Gasteiger partial charge in [-0.3, -0.25) is 9.10 Å². The Morgan fingerprint density at radius 2 is 1.70 bits per heavy atom. The van der Waals surface area contributed by atoms with Crippen LogP contribution in [0, 0.1) is 0 Å². The normalized spacial score (nSPS) is 11.4. The lowest BCUT2D eigenvalue weighted by molar-refractivity contribution is -0.111. The van der Waals surface area contributed by atoms with Crippen molar-refractivity contribution in [3.63, 3.8) is 0 Å². The molecule has 0 aliphatic carbocycles. The molecule has 1 aromatic heterocycles. The minimum absolute atomic E-state index is 0.154. The summed E-state index contributed by atoms with van der Waals surface area (Å²) >= 11 is 1.54. The van der Waals surface area contributed by atoms with E-state index in [0.717, 1.165) is 4.88 Å². The van der Waals surface area contributed by atoms with E-state index in [1.54, 1.807) is 42.5 Å². The van der Waals surface area contributed by atoms with Crippen molar-refractivity contribution in [3.8, 4) is 0 Å². The number of rotatable bonds is 6. The molecule has 0 aliphatic heterocycles. The zero-order valence-corrected chi connectivity index (χ0v) is 16.2. The first-order valence-electron chi connectivity index (χ1n) is 8.13. The highest BCUT2D eigenvalue weighted by Gasteiger charge is 2.20. The van der Waals surface area contributed by atoms with Crippen LogP contribution in [0.15, 0.2) is 83.1 Å². The van der Waals surface area contributed by atoms with E-state index in [-0.39, 0.29) is 10.8 Å². The van der Waals surface area contributed by atoms with Gasteiger partial charge in [-0.05, 0) is 53.9 Å². The Bertz CT molecular complexity index is 1030. The highest BCUT2D eigenvalue weighted by molar-refractivity contribution is 7.92. The molecule has 27 heavy (non-hydrogen) atoms. The van der Waals surface area contributed by atoms with Crippen molar-refractivity contribution in [2.45, 2.75) is 4.90 Å². The maximum atomic E-state index is 12.7. The van der Waals surface area contributed by atoms with Crippen molar-refractivity contribution in [3.05, 3.63) is 83.1 Å². The predicted octanol–water partition coefficient (Wildman–Crippen LogP) is 4.23. The minimum atomic E-state index is -3.67. The Labute approximate surface area is 162 Å². The molecule has 0 spiro atoms. The molecule has 0 unspecified atom stereocenters. The molecule has 0 bridgehead atoms. The number of amides is 1. The number of thiophene rings is 1. The SMILES string of the molecule is CN(c1ccccc1)S(=O)(=O)c1ccc(NC(=O)/C=C\c2cccs2)cc1. The van der Waals surface area contributed by atoms with Gasteiger partial charge in [0.15, 0.2) is 0 Å². The molecular weight excluding hydrogens is 380 g/mol. The van der Waals surface area contributed by atoms with Gasteiger partial charge in [-0.2, -0.15) is 0 Å². The third-order valence-corrected chi connectivity index (χ3v) is 6.48. The van der Waals surface area contributed by atoms with Gasteiger partial charge in [0, 0.05) is 23.7 Å². The molecule has 138 valence electrons. The fourth-order valence-electron chi connectivity index (χ4n) is 2.37. The van der Waals surface area contributed by atoms with E-state index in [4.69, 9.17) is 0 Å². The van der Waals surface area contributed by atoms with Crippen LogP contribution in [0.3, 0.4) is 0 Å². The Morgan fingerprint density at radius 1 is 1.00 bits per heavy atom. The van der Waals surface area contributed by atoms with E-state index in [2.05, 4.69) is 5.32 Å². The lowest BCUT2D eigenvalue weighted by Crippen LogP contribution is -2.26. The van der Waals surface area contributed by atoms with Crippen LogP contribution in [0.4, 0.5) is 11.4 Å². The molecule has 1 amide bonds. The van der Waals surface area contributed by atoms with Gasteiger partial charge < -0.3 is 5.32 Å². The number of para-hydroxylation sites is 1. The second-order valence-corrected chi connectivity index (χ2v) is 8.62. The molecule has 3 aromatic rings. The summed E-state index contributed by atoms with van der Waals surface area (Å²) in [7, 11) is -2.16. The zero-order chi connectivity index (χ0) is 19.3. The summed E-state index contributed by atoms with van der Waals surface area (Å²) in [6.45, 7) is 0. The van der Waals surface area contributed by atoms with Crippen molar-refractivity contribution in [2.75, 3.05) is 16.7 Å². The Balaban J connectivity index is 1.70. The molecule has 7 heteroatoms. The summed E-state index contributed by atoms with van der Waals surface area (Å²) in [5.74, 6) is -0.277. The molecule has 0 aliphatic rings. The standard InChI is InChI=1S/C20H18N2O3S2/c1-22(17-6-3-2-4-7-17)27(24,25)19-12-9-16(10-13-19)21-20(23)14-11-18-8-5-15-26-18/h2-15H,1H3,(H,21,23)/b14-11-. The molecule has 5 nitrogen and oxygen atoms in total. The summed E-state index contributed by atoms with van der Waals surface area (Å²) in [5.41, 5.74) is 1.10. The van der Waals surface area contributed by atoms with Gasteiger partial charge in [-0.25, -0.2) is 8.42 Å². The molecule has 0 saturated carbocycles. The van der Waals surface area contributed by atoms with E-state index in [1.165, 1.54) is 40.9 Å². The van der Waals surface area contributed by atoms with E-state index in [1.807, 2.05) is 23.6 Å². The van der Waals surface area contributed by atoms with Gasteiger partial charge >= 0.3 is 0 Å². The maximum Gasteiger partial charge on any atom is 0.264 e. The number of nitrogens with zero attached hydrogens (tertiary/aromatic N) is 1. The third kappa shape index (κ3) is 4.64. The fraction of sp³-hybridized carbons (Fsp3) is 0.0500. The lowest BCUT2D eigenvalue weighted by Gasteiger charge is -2.19. The summed E-state index contributed by atoms with van der Waals surface area (Å²) < 4.78 is 26.7. The molecule has 0 atom stereocenters. The van der Waals surface area contributed by atoms with Gasteiger partial charge in [0.05, 0.1) is 10.6 Å². The van der Waals surface area contributed by atoms with Crippen LogP contribution in [0.1, 0.15) is 4.88 Å². The van der Waals surface area contributed by atoms with Crippen LogP contribution in [-0.2, 0) is 14.8 Å². The number of hydrogen-bond donors (Lipinski definition) is 1. The number of carbonyl (C=O) groups is 1. The van der Waals surface area contributed by atoms with Crippen LogP contribution < -0.4 is 9.62 Å². The topological polar surface area (TPSA) is 66.5 Å². The van der Waals surface area contributed by atoms with Crippen molar-refractivity contribution in [1.29, 1.82) is 0 Å². The van der Waals surface area contributed by atoms with Crippen LogP contribution in [0.25, 0.3) is 6.08 Å². The number of benzene rings is 2. The van der Waals surface area contributed by atoms with Crippen molar-refractivity contribution in [2.24, 2.45) is 0 Å². The highest BCUT2D eigenvalue weighted by Crippen LogP contribution is 2.22. The predicted molar refractivity (Wildman–Crippen MR) is 110 cm³/mol. The average Bonchev–Trinajstić information content (AvgIpc) is 3.20. The van der Waals surface area contributed by atoms with Crippen LogP contribution >= 0.6 is 11.3 Å². The van der Waals surface area contributed by atoms with Crippen molar-refractivity contribution >= 4 is 44.7 Å². The second-order valence-electron chi connectivity index (χ2n) is 5.67. The van der Waals surface area contributed by atoms with Gasteiger partial charge in [0.2, 0.25) is 5.91 Å². The number of nitrogens with one attached hydrogen (secondary N) is 1. The summed E-state index contributed by atoms with van der Waals surface area (Å²) in [5, 5.41) is 4.65. The van der Waals surface area contributed by atoms with Crippen LogP contribution in [0.5, 0.6) is 0 Å². The fourth-order valence-corrected chi connectivity index (χ4v) is 4.19. The summed E-state index contributed by atoms with van der Waals surface area (Å²) in [4.78, 5) is 13.1. The monoisotopic (exact) mass is 398 g/mol. The van der Waals surface area contributed by atoms with Gasteiger partial charge in [-0.1, -0.05) is 24.3 Å². The van der Waals surface area contributed by atoms with E-state index >= 15 is 0 Å². The average molecular weight is 399 g/mol. The molecule has 1 N–H and O–H groups in total. The molecule has 1 heterocycles. The quantitative estimate of drug-likeness (QED) is 0.632. The van der Waals surface area contributed by atoms with Crippen molar-refractivity contribution < 1.29 is 13.2 Å². The molecule has 0 fully saturated rings. The maximum absolute atomic E-state index is 12.7. The highest BCUT2D eigenvalue weighted by atomic mass is 32.2. The van der Waals surface area contributed by atoms with Gasteiger partial charge in [0.25, 0.3) is 10.0 Å². The van der Waals surface area contributed by atoms with E-state index < -0.39 is 10.0 Å². The molecule has 0 radical (unpaired) electrons. The molecule has 0 saturated heterocycles. The van der Waals surface area contributed by atoms with Gasteiger partial charge in [0.1, 0.15) is 0 Å². The molecule has 3 rings (SSSR count). The molecular formula is C20H18N2O3S2. The van der Waals surface area contributed by atoms with Crippen LogP contribution in [0.2, 0.25) is 0 Å². The van der Waals surface area contributed by atoms with Crippen LogP contribution in [-0.4, -0.2) is 21.4 Å². The zero-order valence-electron chi connectivity index (χ0n) is 14.6. The third-order valence-electron chi connectivity index (χ3n) is 3.84. The number of sulfonamides is 1. The number of anilines is 2. The summed E-state index contributed by atoms with van der Waals surface area (Å²) in [6, 6.07) is 18.8. The minimum Gasteiger partial charge on any atom is -0.323 e. The first-order valence-corrected chi connectivity index (χ1v) is 10.5. The van der Waals surface area contributed by atoms with E-state index in [0.29, 0.717) is 11.4 Å². The second kappa shape index (κ2) is 8.20. The Morgan fingerprint density at radius 3 is 2.33 bits per heavy atom. The Kier molecular flexibility index (Phi) is 5.73. The number of carbonyl (C=O) groups excluding carboxylic acids is 1. The van der Waals surface area contributed by atoms with Gasteiger partial charge in [-0.15, -0.1) is 11.3 Å². The molecule has 2 aromatic carbocycles. The smallest absolute Gasteiger partial charge is 0.264 e. The first kappa shape index (κ1) is 18.9. The largest absolute Gasteiger partial charge is 0.323 e. The van der Waals surface area contributed by atoms with Crippen molar-refractivity contribution in [1.82, 2.24) is 0 Å². The van der Waals surface area contributed by atoms with E-state index in [9.17, 15) is 13.2 Å². The number of hydrogen-bond acceptors (Lipinski definition) is 4. The first-order chi connectivity index (χ1) is 13.0. The summed E-state index contributed by atoms with van der Waals surface area (Å²) in [6.07, 6.45) is 3.17. The lowest BCUT2D eigenvalue weighted by atomic mass is 10.3. The Hall–Kier alpha value is -2.90.